The van der Waals surface area contributed by atoms with Crippen LogP contribution in [0.2, 0.25) is 0 Å². The van der Waals surface area contributed by atoms with Crippen LogP contribution in [-0.2, 0) is 11.2 Å². The van der Waals surface area contributed by atoms with Crippen molar-refractivity contribution in [2.45, 2.75) is 19.8 Å². The molecule has 26 heavy (non-hydrogen) atoms. The molecule has 138 valence electrons. The quantitative estimate of drug-likeness (QED) is 0.273. The molecule has 7 heteroatoms. The summed E-state index contributed by atoms with van der Waals surface area (Å²) in [7, 11) is 0. The predicted octanol–water partition coefficient (Wildman–Crippen LogP) is 3.30. The molecule has 0 aliphatic carbocycles. The van der Waals surface area contributed by atoms with Gasteiger partial charge in [-0.15, -0.1) is 24.0 Å². The second-order valence-corrected chi connectivity index (χ2v) is 5.97. The molecule has 0 bridgehead atoms. The van der Waals surface area contributed by atoms with Crippen LogP contribution in [0.1, 0.15) is 17.5 Å². The largest absolute Gasteiger partial charge is 0.492 e. The summed E-state index contributed by atoms with van der Waals surface area (Å²) in [5.41, 5.74) is 9.94. The first-order chi connectivity index (χ1) is 12.1. The van der Waals surface area contributed by atoms with Gasteiger partial charge in [-0.1, -0.05) is 17.7 Å². The van der Waals surface area contributed by atoms with Gasteiger partial charge in [0.05, 0.1) is 6.54 Å². The Kier molecular flexibility index (Phi) is 7.26. The third-order valence-corrected chi connectivity index (χ3v) is 3.94. The zero-order chi connectivity index (χ0) is 17.6. The Balaban J connectivity index is 0.00000243. The Morgan fingerprint density at radius 3 is 2.77 bits per heavy atom. The minimum Gasteiger partial charge on any atom is -0.492 e. The van der Waals surface area contributed by atoms with Gasteiger partial charge in [-0.2, -0.15) is 0 Å². The van der Waals surface area contributed by atoms with Crippen LogP contribution in [0.15, 0.2) is 47.5 Å². The number of anilines is 2. The molecule has 2 aromatic rings. The molecule has 4 N–H and O–H groups in total. The van der Waals surface area contributed by atoms with Gasteiger partial charge in [0, 0.05) is 17.8 Å². The SMILES string of the molecule is Cc1ccc(NC(N)=NCCOc2ccc3c(c2)CCC(=O)N3)cc1.I. The van der Waals surface area contributed by atoms with Crippen LogP contribution in [-0.4, -0.2) is 25.0 Å². The van der Waals surface area contributed by atoms with E-state index in [4.69, 9.17) is 10.5 Å². The number of guanidine groups is 1. The fraction of sp³-hybridized carbons (Fsp3) is 0.263. The van der Waals surface area contributed by atoms with E-state index in [1.54, 1.807) is 0 Å². The van der Waals surface area contributed by atoms with Crippen molar-refractivity contribution in [1.82, 2.24) is 0 Å². The average molecular weight is 466 g/mol. The van der Waals surface area contributed by atoms with Crippen LogP contribution in [0.3, 0.4) is 0 Å². The van der Waals surface area contributed by atoms with E-state index >= 15 is 0 Å². The first-order valence-corrected chi connectivity index (χ1v) is 8.29. The molecular weight excluding hydrogens is 443 g/mol. The Bertz CT molecular complexity index is 791. The Morgan fingerprint density at radius 1 is 1.23 bits per heavy atom. The highest BCUT2D eigenvalue weighted by molar-refractivity contribution is 14.0. The maximum Gasteiger partial charge on any atom is 0.224 e. The summed E-state index contributed by atoms with van der Waals surface area (Å²) in [4.78, 5) is 15.6. The third-order valence-electron chi connectivity index (χ3n) is 3.94. The number of ether oxygens (including phenoxy) is 1. The van der Waals surface area contributed by atoms with E-state index in [9.17, 15) is 4.79 Å². The van der Waals surface area contributed by atoms with Crippen LogP contribution in [0.25, 0.3) is 0 Å². The van der Waals surface area contributed by atoms with E-state index in [1.807, 2.05) is 49.4 Å². The molecular formula is C19H23IN4O2. The first kappa shape index (κ1) is 20.0. The molecule has 0 saturated carbocycles. The molecule has 0 radical (unpaired) electrons. The molecule has 0 unspecified atom stereocenters. The van der Waals surface area contributed by atoms with Gasteiger partial charge in [0.15, 0.2) is 5.96 Å². The maximum atomic E-state index is 11.4. The summed E-state index contributed by atoms with van der Waals surface area (Å²) < 4.78 is 5.71. The third kappa shape index (κ3) is 5.62. The average Bonchev–Trinajstić information content (AvgIpc) is 2.61. The van der Waals surface area contributed by atoms with Gasteiger partial charge in [0.1, 0.15) is 12.4 Å². The number of hydrogen-bond donors (Lipinski definition) is 3. The predicted molar refractivity (Wildman–Crippen MR) is 116 cm³/mol. The number of nitrogens with two attached hydrogens (primary N) is 1. The highest BCUT2D eigenvalue weighted by atomic mass is 127. The summed E-state index contributed by atoms with van der Waals surface area (Å²) in [6, 6.07) is 13.6. The summed E-state index contributed by atoms with van der Waals surface area (Å²) in [5.74, 6) is 1.20. The second kappa shape index (κ2) is 9.42. The molecule has 6 nitrogen and oxygen atoms in total. The number of nitrogens with zero attached hydrogens (tertiary/aromatic N) is 1. The van der Waals surface area contributed by atoms with Crippen LogP contribution >= 0.6 is 24.0 Å². The standard InChI is InChI=1S/C19H22N4O2.HI/c1-13-2-5-15(6-3-13)22-19(20)21-10-11-25-16-7-8-17-14(12-16)4-9-18(24)23-17;/h2-3,5-8,12H,4,9-11H2,1H3,(H,23,24)(H3,20,21,22);1H. The van der Waals surface area contributed by atoms with Crippen LogP contribution in [0.4, 0.5) is 11.4 Å². The lowest BCUT2D eigenvalue weighted by Gasteiger charge is -2.17. The van der Waals surface area contributed by atoms with E-state index in [0.29, 0.717) is 25.5 Å². The number of rotatable bonds is 5. The van der Waals surface area contributed by atoms with E-state index < -0.39 is 0 Å². The smallest absolute Gasteiger partial charge is 0.224 e. The topological polar surface area (TPSA) is 88.7 Å². The van der Waals surface area contributed by atoms with Crippen molar-refractivity contribution in [1.29, 1.82) is 0 Å². The molecule has 1 aliphatic rings. The molecule has 1 aliphatic heterocycles. The zero-order valence-electron chi connectivity index (χ0n) is 14.6. The van der Waals surface area contributed by atoms with E-state index in [1.165, 1.54) is 5.56 Å². The summed E-state index contributed by atoms with van der Waals surface area (Å²) in [6.07, 6.45) is 1.26. The highest BCUT2D eigenvalue weighted by Gasteiger charge is 2.14. The monoisotopic (exact) mass is 466 g/mol. The number of nitrogens with one attached hydrogen (secondary N) is 2. The van der Waals surface area contributed by atoms with Crippen molar-refractivity contribution in [3.63, 3.8) is 0 Å². The van der Waals surface area contributed by atoms with Gasteiger partial charge >= 0.3 is 0 Å². The van der Waals surface area contributed by atoms with Gasteiger partial charge in [-0.3, -0.25) is 4.79 Å². The zero-order valence-corrected chi connectivity index (χ0v) is 16.9. The second-order valence-electron chi connectivity index (χ2n) is 5.97. The van der Waals surface area contributed by atoms with E-state index in [-0.39, 0.29) is 29.9 Å². The van der Waals surface area contributed by atoms with E-state index in [2.05, 4.69) is 15.6 Å². The molecule has 0 atom stereocenters. The molecule has 0 spiro atoms. The Hall–Kier alpha value is -2.29. The number of carbonyl (C=O) groups excluding carboxylic acids is 1. The maximum absolute atomic E-state index is 11.4. The number of fused-ring (bicyclic) bond motifs is 1. The van der Waals surface area contributed by atoms with Gasteiger partial charge in [0.2, 0.25) is 5.91 Å². The number of halogens is 1. The number of hydrogen-bond acceptors (Lipinski definition) is 3. The Labute approximate surface area is 170 Å². The highest BCUT2D eigenvalue weighted by Crippen LogP contribution is 2.26. The van der Waals surface area contributed by atoms with Crippen molar-refractivity contribution in [2.75, 3.05) is 23.8 Å². The van der Waals surface area contributed by atoms with Crippen molar-refractivity contribution in [2.24, 2.45) is 10.7 Å². The van der Waals surface area contributed by atoms with Crippen molar-refractivity contribution < 1.29 is 9.53 Å². The summed E-state index contributed by atoms with van der Waals surface area (Å²) in [5, 5.41) is 5.90. The number of aryl methyl sites for hydroxylation is 2. The van der Waals surface area contributed by atoms with Crippen LogP contribution < -0.4 is 21.1 Å². The van der Waals surface area contributed by atoms with Crippen LogP contribution in [0.5, 0.6) is 5.75 Å². The van der Waals surface area contributed by atoms with Gasteiger partial charge in [-0.25, -0.2) is 4.99 Å². The molecule has 1 amide bonds. The number of carbonyl (C=O) groups is 1. The molecule has 1 heterocycles. The minimum atomic E-state index is 0. The summed E-state index contributed by atoms with van der Waals surface area (Å²) >= 11 is 0. The van der Waals surface area contributed by atoms with Crippen molar-refractivity contribution >= 4 is 47.2 Å². The molecule has 0 saturated heterocycles. The molecule has 2 aromatic carbocycles. The lowest BCUT2D eigenvalue weighted by Crippen LogP contribution is -2.23. The Morgan fingerprint density at radius 2 is 2.00 bits per heavy atom. The fourth-order valence-electron chi connectivity index (χ4n) is 2.60. The lowest BCUT2D eigenvalue weighted by atomic mass is 10.0. The molecule has 0 fully saturated rings. The lowest BCUT2D eigenvalue weighted by molar-refractivity contribution is -0.116. The summed E-state index contributed by atoms with van der Waals surface area (Å²) in [6.45, 7) is 2.92. The van der Waals surface area contributed by atoms with Gasteiger partial charge in [0.25, 0.3) is 0 Å². The number of aliphatic imine (C=N–C) groups is 1. The van der Waals surface area contributed by atoms with E-state index in [0.717, 1.165) is 29.1 Å². The van der Waals surface area contributed by atoms with Crippen molar-refractivity contribution in [3.05, 3.63) is 53.6 Å². The molecule has 3 rings (SSSR count). The first-order valence-electron chi connectivity index (χ1n) is 8.29. The molecule has 0 aromatic heterocycles. The minimum absolute atomic E-state index is 0. The van der Waals surface area contributed by atoms with Crippen LogP contribution in [0, 0.1) is 6.92 Å². The van der Waals surface area contributed by atoms with Crippen molar-refractivity contribution in [3.8, 4) is 5.75 Å². The number of benzene rings is 2. The van der Waals surface area contributed by atoms with Gasteiger partial charge in [-0.05, 0) is 49.2 Å². The number of amides is 1. The normalized spacial score (nSPS) is 13.3. The fourth-order valence-corrected chi connectivity index (χ4v) is 2.60. The van der Waals surface area contributed by atoms with Gasteiger partial charge < -0.3 is 21.1 Å².